The maximum Gasteiger partial charge on any atom is 0.323 e. The number of rotatable bonds is 7. The van der Waals surface area contributed by atoms with Crippen LogP contribution in [0.1, 0.15) is 12.5 Å². The molecule has 0 saturated carbocycles. The number of amides is 2. The van der Waals surface area contributed by atoms with Crippen molar-refractivity contribution in [1.82, 2.24) is 19.4 Å². The molecule has 0 bridgehead atoms. The molecule has 4 aromatic rings. The van der Waals surface area contributed by atoms with E-state index in [1.807, 2.05) is 25.1 Å². The number of carbonyl (C=O) groups is 1. The monoisotopic (exact) mass is 577 g/mol. The molecule has 0 unspecified atom stereocenters. The van der Waals surface area contributed by atoms with Crippen LogP contribution in [0.25, 0.3) is 22.0 Å². The molecule has 5 rings (SSSR count). The van der Waals surface area contributed by atoms with Gasteiger partial charge in [0.05, 0.1) is 16.2 Å². The number of anilines is 3. The van der Waals surface area contributed by atoms with Crippen molar-refractivity contribution in [2.75, 3.05) is 56.2 Å². The first-order chi connectivity index (χ1) is 19.7. The second-order valence-electron chi connectivity index (χ2n) is 10.2. The van der Waals surface area contributed by atoms with Gasteiger partial charge in [0.15, 0.2) is 0 Å². The molecule has 0 aliphatic carbocycles. The number of likely N-dealkylation sites (N-methyl/N-ethyl adjacent to an activating group) is 1. The molecule has 0 radical (unpaired) electrons. The number of aromatic nitrogens is 2. The zero-order valence-corrected chi connectivity index (χ0v) is 24.1. The molecule has 9 nitrogen and oxygen atoms in total. The molecule has 2 aromatic heterocycles. The molecule has 11 heteroatoms. The lowest BCUT2D eigenvalue weighted by Crippen LogP contribution is -2.43. The number of benzene rings is 2. The number of pyridine rings is 2. The summed E-state index contributed by atoms with van der Waals surface area (Å²) in [6.07, 6.45) is 1.66. The zero-order valence-electron chi connectivity index (χ0n) is 23.3. The van der Waals surface area contributed by atoms with Crippen LogP contribution in [-0.4, -0.2) is 65.7 Å². The number of nitrogens with one attached hydrogen (secondary N) is 3. The Balaban J connectivity index is 1.38. The van der Waals surface area contributed by atoms with E-state index in [-0.39, 0.29) is 21.8 Å². The number of hydrogen-bond donors (Lipinski definition) is 3. The Morgan fingerprint density at radius 3 is 2.56 bits per heavy atom. The maximum absolute atomic E-state index is 14.9. The maximum atomic E-state index is 14.9. The summed E-state index contributed by atoms with van der Waals surface area (Å²) in [5.74, 6) is -0.0799. The topological polar surface area (TPSA) is 94.5 Å². The lowest BCUT2D eigenvalue weighted by molar-refractivity contribution is 0.148. The van der Waals surface area contributed by atoms with Crippen molar-refractivity contribution in [3.05, 3.63) is 81.5 Å². The lowest BCUT2D eigenvalue weighted by atomic mass is 10.0. The van der Waals surface area contributed by atoms with Gasteiger partial charge >= 0.3 is 6.03 Å². The number of nitrogens with zero attached hydrogens (tertiary/aromatic N) is 4. The van der Waals surface area contributed by atoms with Gasteiger partial charge in [0.2, 0.25) is 0 Å². The van der Waals surface area contributed by atoms with Crippen LogP contribution < -0.4 is 21.5 Å². The summed E-state index contributed by atoms with van der Waals surface area (Å²) in [6.45, 7) is 7.09. The van der Waals surface area contributed by atoms with Gasteiger partial charge in [0, 0.05) is 80.8 Å². The van der Waals surface area contributed by atoms with Crippen LogP contribution in [0.3, 0.4) is 0 Å². The molecular weight excluding hydrogens is 545 g/mol. The molecule has 0 atom stereocenters. The normalized spacial score (nSPS) is 14.3. The van der Waals surface area contributed by atoms with Gasteiger partial charge < -0.3 is 25.4 Å². The van der Waals surface area contributed by atoms with Gasteiger partial charge in [-0.1, -0.05) is 23.7 Å². The Kier molecular flexibility index (Phi) is 8.53. The van der Waals surface area contributed by atoms with Crippen molar-refractivity contribution in [3.8, 4) is 11.1 Å². The fraction of sp³-hybridized carbons (Fsp3) is 0.300. The standard InChI is InChI=1S/C30H33ClFN7O2/c1-4-39-27-16-28(33-2)34-17-20(27)13-23(29(39)40)22-14-26(25(32)15-24(22)31)36-30(41)35-21-7-5-6-19(12-21)18-38-10-8-37(3)9-11-38/h5-7,12-17H,4,8-11,18H2,1-3H3,(H,33,34)(H2,35,36,41). The first-order valence-corrected chi connectivity index (χ1v) is 13.9. The molecule has 1 saturated heterocycles. The summed E-state index contributed by atoms with van der Waals surface area (Å²) in [4.78, 5) is 35.4. The van der Waals surface area contributed by atoms with Crippen molar-refractivity contribution < 1.29 is 9.18 Å². The van der Waals surface area contributed by atoms with Crippen molar-refractivity contribution >= 4 is 45.7 Å². The predicted molar refractivity (Wildman–Crippen MR) is 163 cm³/mol. The lowest BCUT2D eigenvalue weighted by Gasteiger charge is -2.32. The van der Waals surface area contributed by atoms with Crippen LogP contribution in [0.5, 0.6) is 0 Å². The average molecular weight is 578 g/mol. The Bertz CT molecular complexity index is 1650. The highest BCUT2D eigenvalue weighted by Gasteiger charge is 2.18. The third kappa shape index (κ3) is 6.35. The van der Waals surface area contributed by atoms with Gasteiger partial charge in [0.1, 0.15) is 11.6 Å². The van der Waals surface area contributed by atoms with E-state index in [0.717, 1.165) is 49.7 Å². The molecule has 1 fully saturated rings. The van der Waals surface area contributed by atoms with Crippen molar-refractivity contribution in [3.63, 3.8) is 0 Å². The molecule has 3 heterocycles. The van der Waals surface area contributed by atoms with Crippen molar-refractivity contribution in [2.45, 2.75) is 20.0 Å². The van der Waals surface area contributed by atoms with Crippen molar-refractivity contribution in [1.29, 1.82) is 0 Å². The molecule has 41 heavy (non-hydrogen) atoms. The first-order valence-electron chi connectivity index (χ1n) is 13.5. The number of hydrogen-bond acceptors (Lipinski definition) is 6. The van der Waals surface area contributed by atoms with E-state index in [4.69, 9.17) is 11.6 Å². The van der Waals surface area contributed by atoms with Gasteiger partial charge in [-0.25, -0.2) is 14.2 Å². The van der Waals surface area contributed by atoms with E-state index in [0.29, 0.717) is 29.1 Å². The second-order valence-corrected chi connectivity index (χ2v) is 10.6. The highest BCUT2D eigenvalue weighted by molar-refractivity contribution is 6.33. The van der Waals surface area contributed by atoms with E-state index in [1.165, 1.54) is 6.07 Å². The second kappa shape index (κ2) is 12.3. The third-order valence-corrected chi connectivity index (χ3v) is 7.65. The summed E-state index contributed by atoms with van der Waals surface area (Å²) in [7, 11) is 3.87. The summed E-state index contributed by atoms with van der Waals surface area (Å²) >= 11 is 6.43. The fourth-order valence-corrected chi connectivity index (χ4v) is 5.32. The number of piperazine rings is 1. The number of aryl methyl sites for hydroxylation is 1. The molecule has 1 aliphatic heterocycles. The van der Waals surface area contributed by atoms with Crippen LogP contribution in [0, 0.1) is 5.82 Å². The molecule has 2 aromatic carbocycles. The Morgan fingerprint density at radius 1 is 1.05 bits per heavy atom. The Labute approximate surface area is 242 Å². The zero-order chi connectivity index (χ0) is 29.1. The number of halogens is 2. The van der Waals surface area contributed by atoms with E-state index < -0.39 is 11.8 Å². The summed E-state index contributed by atoms with van der Waals surface area (Å²) in [5.41, 5.74) is 2.60. The quantitative estimate of drug-likeness (QED) is 0.276. The summed E-state index contributed by atoms with van der Waals surface area (Å²) < 4.78 is 16.6. The van der Waals surface area contributed by atoms with Crippen LogP contribution in [0.4, 0.5) is 26.4 Å². The van der Waals surface area contributed by atoms with Crippen LogP contribution >= 0.6 is 11.6 Å². The van der Waals surface area contributed by atoms with Crippen molar-refractivity contribution in [2.24, 2.45) is 0 Å². The van der Waals surface area contributed by atoms with E-state index in [9.17, 15) is 14.0 Å². The third-order valence-electron chi connectivity index (χ3n) is 7.33. The first kappa shape index (κ1) is 28.5. The van der Waals surface area contributed by atoms with Crippen LogP contribution in [0.2, 0.25) is 5.02 Å². The van der Waals surface area contributed by atoms with Gasteiger partial charge in [-0.05, 0) is 49.9 Å². The summed E-state index contributed by atoms with van der Waals surface area (Å²) in [5, 5.41) is 9.12. The minimum absolute atomic E-state index is 0.0592. The van der Waals surface area contributed by atoms with Crippen LogP contribution in [0.15, 0.2) is 59.5 Å². The highest BCUT2D eigenvalue weighted by atomic mass is 35.5. The van der Waals surface area contributed by atoms with E-state index in [2.05, 4.69) is 37.8 Å². The Hall–Kier alpha value is -3.99. The molecule has 0 spiro atoms. The number of fused-ring (bicyclic) bond motifs is 1. The van der Waals surface area contributed by atoms with Gasteiger partial charge in [-0.3, -0.25) is 9.69 Å². The molecule has 1 aliphatic rings. The van der Waals surface area contributed by atoms with E-state index >= 15 is 0 Å². The fourth-order valence-electron chi connectivity index (χ4n) is 5.06. The molecule has 3 N–H and O–H groups in total. The average Bonchev–Trinajstić information content (AvgIpc) is 2.95. The largest absolute Gasteiger partial charge is 0.373 e. The van der Waals surface area contributed by atoms with Gasteiger partial charge in [-0.2, -0.15) is 0 Å². The highest BCUT2D eigenvalue weighted by Crippen LogP contribution is 2.33. The minimum atomic E-state index is -0.713. The number of carbonyl (C=O) groups excluding carboxylic acids is 1. The SMILES string of the molecule is CCn1c(=O)c(-c2cc(NC(=O)Nc3cccc(CN4CCN(C)CC4)c3)c(F)cc2Cl)cc2cnc(NC)cc21. The minimum Gasteiger partial charge on any atom is -0.373 e. The Morgan fingerprint density at radius 2 is 1.83 bits per heavy atom. The molecule has 214 valence electrons. The molecular formula is C30H33ClFN7O2. The van der Waals surface area contributed by atoms with E-state index in [1.54, 1.807) is 36.0 Å². The number of urea groups is 1. The predicted octanol–water partition coefficient (Wildman–Crippen LogP) is 5.31. The van der Waals surface area contributed by atoms with Crippen LogP contribution in [-0.2, 0) is 13.1 Å². The van der Waals surface area contributed by atoms with Gasteiger partial charge in [-0.15, -0.1) is 0 Å². The molecule has 2 amide bonds. The smallest absolute Gasteiger partial charge is 0.323 e. The summed E-state index contributed by atoms with van der Waals surface area (Å²) in [6, 6.07) is 13.0. The van der Waals surface area contributed by atoms with Gasteiger partial charge in [0.25, 0.3) is 5.56 Å².